The van der Waals surface area contributed by atoms with Crippen molar-refractivity contribution in [2.24, 2.45) is 0 Å². The van der Waals surface area contributed by atoms with Crippen molar-refractivity contribution in [1.29, 1.82) is 0 Å². The fourth-order valence-electron chi connectivity index (χ4n) is 3.78. The first kappa shape index (κ1) is 27.4. The summed E-state index contributed by atoms with van der Waals surface area (Å²) in [5, 5.41) is 2.84. The minimum absolute atomic E-state index is 0.0673. The molecule has 0 fully saturated rings. The predicted octanol–water partition coefficient (Wildman–Crippen LogP) is 3.83. The van der Waals surface area contributed by atoms with Gasteiger partial charge in [-0.15, -0.1) is 0 Å². The molecule has 1 atom stereocenters. The quantitative estimate of drug-likeness (QED) is 0.522. The first-order valence-electron chi connectivity index (χ1n) is 11.6. The molecule has 0 saturated carbocycles. The van der Waals surface area contributed by atoms with Gasteiger partial charge in [0.15, 0.2) is 0 Å². The minimum atomic E-state index is -3.76. The van der Waals surface area contributed by atoms with Gasteiger partial charge in [0.05, 0.1) is 11.9 Å². The molecule has 34 heavy (non-hydrogen) atoms. The summed E-state index contributed by atoms with van der Waals surface area (Å²) in [6.07, 6.45) is 1.87. The monoisotopic (exact) mass is 487 g/mol. The van der Waals surface area contributed by atoms with Gasteiger partial charge in [-0.3, -0.25) is 13.9 Å². The normalized spacial score (nSPS) is 12.3. The summed E-state index contributed by atoms with van der Waals surface area (Å²) < 4.78 is 26.7. The van der Waals surface area contributed by atoms with Gasteiger partial charge in [-0.25, -0.2) is 8.42 Å². The van der Waals surface area contributed by atoms with E-state index in [4.69, 9.17) is 0 Å². The number of hydrogen-bond donors (Lipinski definition) is 1. The van der Waals surface area contributed by atoms with E-state index in [9.17, 15) is 18.0 Å². The molecule has 0 aliphatic carbocycles. The van der Waals surface area contributed by atoms with Gasteiger partial charge in [0.2, 0.25) is 21.8 Å². The number of aryl methyl sites for hydroxylation is 1. The Morgan fingerprint density at radius 1 is 1.03 bits per heavy atom. The lowest BCUT2D eigenvalue weighted by Gasteiger charge is -2.32. The third-order valence-corrected chi connectivity index (χ3v) is 6.79. The summed E-state index contributed by atoms with van der Waals surface area (Å²) in [6, 6.07) is 14.1. The van der Waals surface area contributed by atoms with E-state index in [1.54, 1.807) is 19.1 Å². The third-order valence-electron chi connectivity index (χ3n) is 5.66. The van der Waals surface area contributed by atoms with E-state index >= 15 is 0 Å². The molecule has 0 aromatic heterocycles. The van der Waals surface area contributed by atoms with Gasteiger partial charge in [-0.1, -0.05) is 68.8 Å². The Bertz CT molecular complexity index is 1100. The van der Waals surface area contributed by atoms with Gasteiger partial charge in [-0.05, 0) is 43.4 Å². The molecule has 1 unspecified atom stereocenters. The summed E-state index contributed by atoms with van der Waals surface area (Å²) in [4.78, 5) is 27.8. The topological polar surface area (TPSA) is 86.8 Å². The standard InChI is InChI=1S/C26H37N3O4S/c1-7-15-27-26(31)21(5)28(17-22-12-10-11-20(4)16-22)25(30)18-29(34(6,32)33)24-14-9-8-13-23(24)19(2)3/h8-14,16,19,21H,7,15,17-18H2,1-6H3,(H,27,31). The second-order valence-electron chi connectivity index (χ2n) is 8.96. The Kier molecular flexibility index (Phi) is 9.67. The number of amides is 2. The Labute approximate surface area is 204 Å². The number of rotatable bonds is 11. The SMILES string of the molecule is CCCNC(=O)C(C)N(Cc1cccc(C)c1)C(=O)CN(c1ccccc1C(C)C)S(C)(=O)=O. The van der Waals surface area contributed by atoms with Gasteiger partial charge in [0.25, 0.3) is 0 Å². The van der Waals surface area contributed by atoms with Gasteiger partial charge < -0.3 is 10.2 Å². The van der Waals surface area contributed by atoms with Crippen LogP contribution in [0.2, 0.25) is 0 Å². The molecule has 2 aromatic carbocycles. The van der Waals surface area contributed by atoms with E-state index < -0.39 is 22.0 Å². The molecule has 2 amide bonds. The highest BCUT2D eigenvalue weighted by molar-refractivity contribution is 7.92. The second kappa shape index (κ2) is 12.0. The van der Waals surface area contributed by atoms with Crippen molar-refractivity contribution in [1.82, 2.24) is 10.2 Å². The maximum absolute atomic E-state index is 13.6. The molecule has 0 aliphatic rings. The molecular weight excluding hydrogens is 450 g/mol. The van der Waals surface area contributed by atoms with E-state index in [2.05, 4.69) is 5.32 Å². The number of hydrogen-bond acceptors (Lipinski definition) is 4. The number of carbonyl (C=O) groups is 2. The van der Waals surface area contributed by atoms with E-state index in [0.29, 0.717) is 12.2 Å². The molecule has 0 radical (unpaired) electrons. The zero-order chi connectivity index (χ0) is 25.5. The average molecular weight is 488 g/mol. The van der Waals surface area contributed by atoms with Crippen LogP contribution in [0.25, 0.3) is 0 Å². The first-order valence-corrected chi connectivity index (χ1v) is 13.5. The van der Waals surface area contributed by atoms with Crippen molar-refractivity contribution >= 4 is 27.5 Å². The molecule has 2 aromatic rings. The summed E-state index contributed by atoms with van der Waals surface area (Å²) in [7, 11) is -3.76. The van der Waals surface area contributed by atoms with Crippen molar-refractivity contribution in [2.75, 3.05) is 23.7 Å². The Balaban J connectivity index is 2.44. The van der Waals surface area contributed by atoms with Crippen LogP contribution in [0.5, 0.6) is 0 Å². The summed E-state index contributed by atoms with van der Waals surface area (Å²) >= 11 is 0. The van der Waals surface area contributed by atoms with E-state index in [1.807, 2.05) is 64.1 Å². The van der Waals surface area contributed by atoms with Gasteiger partial charge >= 0.3 is 0 Å². The lowest BCUT2D eigenvalue weighted by atomic mass is 10.0. The molecule has 186 valence electrons. The average Bonchev–Trinajstić information content (AvgIpc) is 2.78. The number of anilines is 1. The molecule has 1 N–H and O–H groups in total. The van der Waals surface area contributed by atoms with Crippen molar-refractivity contribution in [2.45, 2.75) is 59.5 Å². The van der Waals surface area contributed by atoms with Crippen LogP contribution in [0, 0.1) is 6.92 Å². The van der Waals surface area contributed by atoms with E-state index in [1.165, 1.54) is 4.90 Å². The molecule has 0 spiro atoms. The van der Waals surface area contributed by atoms with Crippen LogP contribution in [0.1, 0.15) is 56.7 Å². The zero-order valence-corrected chi connectivity index (χ0v) is 21.9. The third kappa shape index (κ3) is 7.32. The van der Waals surface area contributed by atoms with Crippen LogP contribution in [0.3, 0.4) is 0 Å². The van der Waals surface area contributed by atoms with Crippen molar-refractivity contribution in [3.8, 4) is 0 Å². The van der Waals surface area contributed by atoms with Gasteiger partial charge in [0.1, 0.15) is 12.6 Å². The van der Waals surface area contributed by atoms with Crippen molar-refractivity contribution in [3.05, 3.63) is 65.2 Å². The molecule has 0 aliphatic heterocycles. The number of carbonyl (C=O) groups excluding carboxylic acids is 2. The summed E-state index contributed by atoms with van der Waals surface area (Å²) in [5.74, 6) is -0.640. The van der Waals surface area contributed by atoms with Gasteiger partial charge in [-0.2, -0.15) is 0 Å². The van der Waals surface area contributed by atoms with Crippen LogP contribution in [-0.4, -0.2) is 50.5 Å². The fraction of sp³-hybridized carbons (Fsp3) is 0.462. The summed E-state index contributed by atoms with van der Waals surface area (Å²) in [6.45, 7) is 9.86. The van der Waals surface area contributed by atoms with Crippen LogP contribution >= 0.6 is 0 Å². The lowest BCUT2D eigenvalue weighted by Crippen LogP contribution is -2.51. The van der Waals surface area contributed by atoms with Crippen LogP contribution < -0.4 is 9.62 Å². The highest BCUT2D eigenvalue weighted by Gasteiger charge is 2.31. The van der Waals surface area contributed by atoms with Crippen LogP contribution in [0.15, 0.2) is 48.5 Å². The predicted molar refractivity (Wildman–Crippen MR) is 137 cm³/mol. The molecule has 0 bridgehead atoms. The molecule has 0 heterocycles. The van der Waals surface area contributed by atoms with E-state index in [0.717, 1.165) is 33.7 Å². The molecule has 7 nitrogen and oxygen atoms in total. The Hall–Kier alpha value is -2.87. The van der Waals surface area contributed by atoms with Gasteiger partial charge in [0, 0.05) is 13.1 Å². The van der Waals surface area contributed by atoms with E-state index in [-0.39, 0.29) is 24.9 Å². The van der Waals surface area contributed by atoms with Crippen molar-refractivity contribution < 1.29 is 18.0 Å². The fourth-order valence-corrected chi connectivity index (χ4v) is 4.65. The Morgan fingerprint density at radius 2 is 1.71 bits per heavy atom. The lowest BCUT2D eigenvalue weighted by molar-refractivity contribution is -0.139. The maximum atomic E-state index is 13.6. The first-order chi connectivity index (χ1) is 16.0. The smallest absolute Gasteiger partial charge is 0.244 e. The zero-order valence-electron chi connectivity index (χ0n) is 21.0. The largest absolute Gasteiger partial charge is 0.354 e. The highest BCUT2D eigenvalue weighted by Crippen LogP contribution is 2.29. The summed E-state index contributed by atoms with van der Waals surface area (Å²) in [5.41, 5.74) is 3.22. The maximum Gasteiger partial charge on any atom is 0.244 e. The number of benzene rings is 2. The molecule has 0 saturated heterocycles. The highest BCUT2D eigenvalue weighted by atomic mass is 32.2. The molecule has 8 heteroatoms. The number of nitrogens with one attached hydrogen (secondary N) is 1. The number of para-hydroxylation sites is 1. The number of sulfonamides is 1. The van der Waals surface area contributed by atoms with Crippen LogP contribution in [-0.2, 0) is 26.2 Å². The van der Waals surface area contributed by atoms with Crippen molar-refractivity contribution in [3.63, 3.8) is 0 Å². The minimum Gasteiger partial charge on any atom is -0.354 e. The molecular formula is C26H37N3O4S. The molecule has 2 rings (SSSR count). The van der Waals surface area contributed by atoms with Crippen LogP contribution in [0.4, 0.5) is 5.69 Å². The second-order valence-corrected chi connectivity index (χ2v) is 10.9. The Morgan fingerprint density at radius 3 is 2.29 bits per heavy atom. The number of nitrogens with zero attached hydrogens (tertiary/aromatic N) is 2.